The van der Waals surface area contributed by atoms with Crippen molar-refractivity contribution in [1.82, 2.24) is 9.80 Å². The topological polar surface area (TPSA) is 63.0 Å². The molecule has 0 bridgehead atoms. The predicted octanol–water partition coefficient (Wildman–Crippen LogP) is 4.37. The zero-order valence-corrected chi connectivity index (χ0v) is 18.6. The Kier molecular flexibility index (Phi) is 8.49. The Morgan fingerprint density at radius 3 is 2.16 bits per heavy atom. The summed E-state index contributed by atoms with van der Waals surface area (Å²) in [7, 11) is 0. The lowest BCUT2D eigenvalue weighted by molar-refractivity contribution is -0.142. The van der Waals surface area contributed by atoms with Crippen molar-refractivity contribution < 1.29 is 18.7 Å². The molecule has 0 aliphatic carbocycles. The van der Waals surface area contributed by atoms with Crippen LogP contribution in [0.1, 0.15) is 25.2 Å². The second-order valence-corrected chi connectivity index (χ2v) is 8.08. The number of amides is 2. The summed E-state index contributed by atoms with van der Waals surface area (Å²) in [6.45, 7) is 5.17. The maximum Gasteiger partial charge on any atom is 0.260 e. The molecule has 0 fully saturated rings. The molecule has 0 spiro atoms. The summed E-state index contributed by atoms with van der Waals surface area (Å²) >= 11 is 0. The van der Waals surface area contributed by atoms with Gasteiger partial charge in [0.1, 0.15) is 11.5 Å². The van der Waals surface area contributed by atoms with Crippen molar-refractivity contribution in [2.45, 2.75) is 26.9 Å². The van der Waals surface area contributed by atoms with E-state index in [4.69, 9.17) is 9.15 Å². The van der Waals surface area contributed by atoms with Gasteiger partial charge in [0.15, 0.2) is 6.61 Å². The number of hydrogen-bond acceptors (Lipinski definition) is 4. The molecule has 3 aromatic rings. The molecule has 0 unspecified atom stereocenters. The van der Waals surface area contributed by atoms with Gasteiger partial charge < -0.3 is 19.0 Å². The van der Waals surface area contributed by atoms with E-state index in [2.05, 4.69) is 0 Å². The molecule has 0 atom stereocenters. The molecule has 1 heterocycles. The van der Waals surface area contributed by atoms with Crippen molar-refractivity contribution in [3.63, 3.8) is 0 Å². The number of carbonyl (C=O) groups excluding carboxylic acids is 2. The van der Waals surface area contributed by atoms with Crippen LogP contribution in [0.3, 0.4) is 0 Å². The summed E-state index contributed by atoms with van der Waals surface area (Å²) in [6, 6.07) is 22.6. The smallest absolute Gasteiger partial charge is 0.260 e. The molecule has 168 valence electrons. The van der Waals surface area contributed by atoms with E-state index >= 15 is 0 Å². The molecule has 0 N–H and O–H groups in total. The van der Waals surface area contributed by atoms with Gasteiger partial charge in [-0.2, -0.15) is 0 Å². The van der Waals surface area contributed by atoms with Crippen molar-refractivity contribution in [1.29, 1.82) is 0 Å². The Morgan fingerprint density at radius 1 is 0.844 bits per heavy atom. The Hall–Kier alpha value is -3.54. The average molecular weight is 435 g/mol. The van der Waals surface area contributed by atoms with Crippen molar-refractivity contribution in [2.24, 2.45) is 5.92 Å². The summed E-state index contributed by atoms with van der Waals surface area (Å²) in [5.41, 5.74) is 1.02. The summed E-state index contributed by atoms with van der Waals surface area (Å²) in [5.74, 6) is 1.19. The van der Waals surface area contributed by atoms with E-state index in [1.165, 1.54) is 0 Å². The fraction of sp³-hybridized carbons (Fsp3) is 0.308. The van der Waals surface area contributed by atoms with E-state index in [9.17, 15) is 9.59 Å². The minimum absolute atomic E-state index is 0.0112. The highest BCUT2D eigenvalue weighted by atomic mass is 16.5. The fourth-order valence-electron chi connectivity index (χ4n) is 3.34. The summed E-state index contributed by atoms with van der Waals surface area (Å²) in [6.07, 6.45) is 1.59. The van der Waals surface area contributed by atoms with Crippen LogP contribution in [0.5, 0.6) is 5.75 Å². The number of benzene rings is 2. The third kappa shape index (κ3) is 7.30. The minimum atomic E-state index is -0.214. The third-order valence-corrected chi connectivity index (χ3v) is 4.87. The van der Waals surface area contributed by atoms with Crippen LogP contribution in [0.2, 0.25) is 0 Å². The van der Waals surface area contributed by atoms with Crippen molar-refractivity contribution in [3.05, 3.63) is 90.4 Å². The minimum Gasteiger partial charge on any atom is -0.484 e. The van der Waals surface area contributed by atoms with E-state index < -0.39 is 0 Å². The van der Waals surface area contributed by atoms with Crippen LogP contribution in [-0.2, 0) is 22.7 Å². The van der Waals surface area contributed by atoms with Gasteiger partial charge in [0, 0.05) is 13.1 Å². The van der Waals surface area contributed by atoms with E-state index in [1.54, 1.807) is 34.3 Å². The highest BCUT2D eigenvalue weighted by Crippen LogP contribution is 2.13. The first-order valence-corrected chi connectivity index (χ1v) is 10.8. The molecule has 2 amide bonds. The Balaban J connectivity index is 1.69. The molecule has 3 rings (SSSR count). The van der Waals surface area contributed by atoms with Crippen molar-refractivity contribution in [2.75, 3.05) is 19.7 Å². The van der Waals surface area contributed by atoms with E-state index in [1.807, 2.05) is 68.4 Å². The van der Waals surface area contributed by atoms with Gasteiger partial charge in [0.25, 0.3) is 5.91 Å². The third-order valence-electron chi connectivity index (χ3n) is 4.87. The standard InChI is InChI=1S/C26H30N2O4/c1-21(2)16-27(26(30)20-32-23-12-7-4-8-13-23)19-25(29)28(18-24-14-9-15-31-24)17-22-10-5-3-6-11-22/h3-15,21H,16-20H2,1-2H3. The van der Waals surface area contributed by atoms with Gasteiger partial charge in [-0.15, -0.1) is 0 Å². The quantitative estimate of drug-likeness (QED) is 0.450. The second-order valence-electron chi connectivity index (χ2n) is 8.08. The Bertz CT molecular complexity index is 956. The molecule has 0 saturated heterocycles. The van der Waals surface area contributed by atoms with E-state index in [-0.39, 0.29) is 30.9 Å². The monoisotopic (exact) mass is 434 g/mol. The van der Waals surface area contributed by atoms with Gasteiger partial charge >= 0.3 is 0 Å². The lowest BCUT2D eigenvalue weighted by Crippen LogP contribution is -2.45. The maximum atomic E-state index is 13.3. The molecular formula is C26H30N2O4. The predicted molar refractivity (Wildman–Crippen MR) is 123 cm³/mol. The average Bonchev–Trinajstić information content (AvgIpc) is 3.31. The summed E-state index contributed by atoms with van der Waals surface area (Å²) in [5, 5.41) is 0. The number of ether oxygens (including phenoxy) is 1. The highest BCUT2D eigenvalue weighted by molar-refractivity contribution is 5.85. The van der Waals surface area contributed by atoms with Crippen LogP contribution in [0.4, 0.5) is 0 Å². The van der Waals surface area contributed by atoms with Crippen molar-refractivity contribution >= 4 is 11.8 Å². The number of furan rings is 1. The van der Waals surface area contributed by atoms with Crippen LogP contribution in [-0.4, -0.2) is 41.3 Å². The Labute approximate surface area is 189 Å². The lowest BCUT2D eigenvalue weighted by atomic mass is 10.2. The second kappa shape index (κ2) is 11.7. The molecule has 0 aliphatic heterocycles. The molecule has 2 aromatic carbocycles. The molecule has 1 aromatic heterocycles. The van der Waals surface area contributed by atoms with Gasteiger partial charge in [-0.1, -0.05) is 62.4 Å². The maximum absolute atomic E-state index is 13.3. The SMILES string of the molecule is CC(C)CN(CC(=O)N(Cc1ccccc1)Cc1ccco1)C(=O)COc1ccccc1. The van der Waals surface area contributed by atoms with Crippen LogP contribution in [0.15, 0.2) is 83.5 Å². The van der Waals surface area contributed by atoms with Gasteiger partial charge in [0.05, 0.1) is 19.4 Å². The first kappa shape index (κ1) is 23.1. The first-order chi connectivity index (χ1) is 15.5. The lowest BCUT2D eigenvalue weighted by Gasteiger charge is -2.28. The highest BCUT2D eigenvalue weighted by Gasteiger charge is 2.23. The largest absolute Gasteiger partial charge is 0.484 e. The summed E-state index contributed by atoms with van der Waals surface area (Å²) in [4.78, 5) is 29.5. The van der Waals surface area contributed by atoms with Gasteiger partial charge in [0.2, 0.25) is 5.91 Å². The van der Waals surface area contributed by atoms with E-state index in [0.29, 0.717) is 31.1 Å². The van der Waals surface area contributed by atoms with Gasteiger partial charge in [-0.3, -0.25) is 9.59 Å². The molecule has 0 radical (unpaired) electrons. The van der Waals surface area contributed by atoms with E-state index in [0.717, 1.165) is 5.56 Å². The number of hydrogen-bond donors (Lipinski definition) is 0. The van der Waals surface area contributed by atoms with Crippen molar-refractivity contribution in [3.8, 4) is 5.75 Å². The number of rotatable bonds is 11. The number of para-hydroxylation sites is 1. The van der Waals surface area contributed by atoms with Crippen LogP contribution >= 0.6 is 0 Å². The van der Waals surface area contributed by atoms with Crippen LogP contribution in [0, 0.1) is 5.92 Å². The molecule has 32 heavy (non-hydrogen) atoms. The zero-order chi connectivity index (χ0) is 22.8. The summed E-state index contributed by atoms with van der Waals surface area (Å²) < 4.78 is 11.1. The first-order valence-electron chi connectivity index (χ1n) is 10.8. The molecule has 0 aliphatic rings. The number of carbonyl (C=O) groups is 2. The van der Waals surface area contributed by atoms with Gasteiger partial charge in [-0.25, -0.2) is 0 Å². The van der Waals surface area contributed by atoms with Crippen LogP contribution < -0.4 is 4.74 Å². The Morgan fingerprint density at radius 2 is 1.53 bits per heavy atom. The van der Waals surface area contributed by atoms with Crippen LogP contribution in [0.25, 0.3) is 0 Å². The van der Waals surface area contributed by atoms with Gasteiger partial charge in [-0.05, 0) is 35.7 Å². The zero-order valence-electron chi connectivity index (χ0n) is 18.6. The molecule has 6 heteroatoms. The molecule has 0 saturated carbocycles. The fourth-order valence-corrected chi connectivity index (χ4v) is 3.34. The normalized spacial score (nSPS) is 10.7. The molecular weight excluding hydrogens is 404 g/mol. The molecule has 6 nitrogen and oxygen atoms in total. The number of nitrogens with zero attached hydrogens (tertiary/aromatic N) is 2.